The zero-order valence-electron chi connectivity index (χ0n) is 7.92. The molecule has 0 rings (SSSR count). The summed E-state index contributed by atoms with van der Waals surface area (Å²) in [7, 11) is -3.70. The van der Waals surface area contributed by atoms with Crippen molar-refractivity contribution in [2.75, 3.05) is 5.75 Å². The van der Waals surface area contributed by atoms with Gasteiger partial charge in [0.1, 0.15) is 0 Å². The molecule has 0 aromatic carbocycles. The largest absolute Gasteiger partial charge is 0.379 e. The van der Waals surface area contributed by atoms with E-state index in [0.29, 0.717) is 6.42 Å². The molecule has 0 aromatic heterocycles. The number of rotatable bonds is 5. The Bertz CT molecular complexity index is 201. The number of hydrogen-bond donors (Lipinski definition) is 1. The number of halogens is 3. The number of hydrogen-bond acceptors (Lipinski definition) is 2. The zero-order chi connectivity index (χ0) is 11.6. The lowest BCUT2D eigenvalue weighted by Crippen LogP contribution is -2.03. The summed E-state index contributed by atoms with van der Waals surface area (Å²) in [6.45, 7) is -1.62. The van der Waals surface area contributed by atoms with Gasteiger partial charge in [-0.2, -0.15) is 21.6 Å². The lowest BCUT2D eigenvalue weighted by molar-refractivity contribution is 0.00819. The SMILES string of the molecule is CCCCCCS(=O)(=O)O.FC(F)F. The molecule has 0 radical (unpaired) electrons. The van der Waals surface area contributed by atoms with E-state index < -0.39 is 16.8 Å². The Morgan fingerprint density at radius 2 is 1.57 bits per heavy atom. The molecule has 0 spiro atoms. The topological polar surface area (TPSA) is 54.4 Å². The van der Waals surface area contributed by atoms with Crippen LogP contribution in [0.3, 0.4) is 0 Å². The molecule has 1 N–H and O–H groups in total. The molecule has 14 heavy (non-hydrogen) atoms. The average Bonchev–Trinajstić information content (AvgIpc) is 1.95. The third kappa shape index (κ3) is 29.8. The molecule has 0 aliphatic carbocycles. The highest BCUT2D eigenvalue weighted by molar-refractivity contribution is 7.85. The van der Waals surface area contributed by atoms with Crippen LogP contribution in [0.4, 0.5) is 13.2 Å². The van der Waals surface area contributed by atoms with Crippen molar-refractivity contribution in [3.05, 3.63) is 0 Å². The molecule has 0 saturated carbocycles. The minimum absolute atomic E-state index is 0.0903. The van der Waals surface area contributed by atoms with Crippen molar-refractivity contribution in [3.63, 3.8) is 0 Å². The van der Waals surface area contributed by atoms with E-state index >= 15 is 0 Å². The monoisotopic (exact) mass is 236 g/mol. The second kappa shape index (κ2) is 9.26. The summed E-state index contributed by atoms with van der Waals surface area (Å²) in [5.41, 5.74) is 0. The molecule has 7 heteroatoms. The lowest BCUT2D eigenvalue weighted by Gasteiger charge is -1.95. The van der Waals surface area contributed by atoms with Crippen molar-refractivity contribution in [1.82, 2.24) is 0 Å². The highest BCUT2D eigenvalue weighted by atomic mass is 32.2. The summed E-state index contributed by atoms with van der Waals surface area (Å²) in [4.78, 5) is 0. The summed E-state index contributed by atoms with van der Waals surface area (Å²) in [6, 6.07) is 0. The van der Waals surface area contributed by atoms with Crippen molar-refractivity contribution in [2.24, 2.45) is 0 Å². The molecule has 88 valence electrons. The van der Waals surface area contributed by atoms with Crippen molar-refractivity contribution in [1.29, 1.82) is 0 Å². The second-order valence-corrected chi connectivity index (χ2v) is 4.17. The van der Waals surface area contributed by atoms with Gasteiger partial charge < -0.3 is 0 Å². The first-order valence-corrected chi connectivity index (χ1v) is 5.78. The summed E-state index contributed by atoms with van der Waals surface area (Å²) in [5.74, 6) is -0.0903. The van der Waals surface area contributed by atoms with E-state index in [1.54, 1.807) is 0 Å². The summed E-state index contributed by atoms with van der Waals surface area (Å²) >= 11 is 0. The number of alkyl halides is 3. The fourth-order valence-electron chi connectivity index (χ4n) is 0.711. The maximum atomic E-state index is 10.1. The van der Waals surface area contributed by atoms with Crippen LogP contribution in [0.25, 0.3) is 0 Å². The highest BCUT2D eigenvalue weighted by Gasteiger charge is 2.01. The van der Waals surface area contributed by atoms with Gasteiger partial charge in [0.2, 0.25) is 0 Å². The molecule has 0 unspecified atom stereocenters. The molecule has 0 aromatic rings. The van der Waals surface area contributed by atoms with E-state index in [-0.39, 0.29) is 5.75 Å². The van der Waals surface area contributed by atoms with Gasteiger partial charge in [-0.25, -0.2) is 0 Å². The van der Waals surface area contributed by atoms with Crippen LogP contribution in [0.15, 0.2) is 0 Å². The predicted molar refractivity (Wildman–Crippen MR) is 47.7 cm³/mol. The van der Waals surface area contributed by atoms with E-state index in [2.05, 4.69) is 0 Å². The third-order valence-electron chi connectivity index (χ3n) is 1.26. The van der Waals surface area contributed by atoms with E-state index in [9.17, 15) is 21.6 Å². The fraction of sp³-hybridized carbons (Fsp3) is 1.00. The molecule has 0 heterocycles. The Balaban J connectivity index is 0. The van der Waals surface area contributed by atoms with Crippen LogP contribution in [0.5, 0.6) is 0 Å². The van der Waals surface area contributed by atoms with Crippen LogP contribution in [0.1, 0.15) is 32.6 Å². The van der Waals surface area contributed by atoms with E-state index in [1.165, 1.54) is 0 Å². The van der Waals surface area contributed by atoms with Crippen LogP contribution < -0.4 is 0 Å². The van der Waals surface area contributed by atoms with Crippen LogP contribution in [0, 0.1) is 0 Å². The van der Waals surface area contributed by atoms with Crippen molar-refractivity contribution >= 4 is 10.1 Å². The van der Waals surface area contributed by atoms with Gasteiger partial charge >= 0.3 is 6.68 Å². The van der Waals surface area contributed by atoms with Crippen molar-refractivity contribution in [2.45, 2.75) is 39.3 Å². The summed E-state index contributed by atoms with van der Waals surface area (Å²) in [5, 5.41) is 0. The van der Waals surface area contributed by atoms with Gasteiger partial charge in [0.25, 0.3) is 10.1 Å². The minimum atomic E-state index is -3.70. The Morgan fingerprint density at radius 1 is 1.14 bits per heavy atom. The first-order valence-electron chi connectivity index (χ1n) is 4.17. The molecule has 0 atom stereocenters. The second-order valence-electron chi connectivity index (χ2n) is 2.59. The van der Waals surface area contributed by atoms with Gasteiger partial charge in [-0.3, -0.25) is 4.55 Å². The molecular weight excluding hydrogens is 221 g/mol. The summed E-state index contributed by atoms with van der Waals surface area (Å²) < 4.78 is 57.6. The molecular formula is C7H15F3O3S. The van der Waals surface area contributed by atoms with Gasteiger partial charge in [-0.05, 0) is 6.42 Å². The smallest absolute Gasteiger partial charge is 0.286 e. The van der Waals surface area contributed by atoms with Crippen LogP contribution in [-0.2, 0) is 10.1 Å². The van der Waals surface area contributed by atoms with Gasteiger partial charge in [0, 0.05) is 0 Å². The quantitative estimate of drug-likeness (QED) is 0.589. The van der Waals surface area contributed by atoms with Crippen LogP contribution in [-0.4, -0.2) is 25.4 Å². The molecule has 0 bridgehead atoms. The molecule has 0 saturated heterocycles. The maximum Gasteiger partial charge on any atom is 0.379 e. The first-order chi connectivity index (χ1) is 6.29. The predicted octanol–water partition coefficient (Wildman–Crippen LogP) is 2.63. The molecule has 0 fully saturated rings. The van der Waals surface area contributed by atoms with Gasteiger partial charge in [0.15, 0.2) is 0 Å². The Kier molecular flexibility index (Phi) is 10.7. The van der Waals surface area contributed by atoms with Crippen LogP contribution >= 0.6 is 0 Å². The molecule has 0 amide bonds. The minimum Gasteiger partial charge on any atom is -0.286 e. The molecule has 3 nitrogen and oxygen atoms in total. The molecule has 0 aliphatic rings. The normalized spacial score (nSPS) is 11.0. The fourth-order valence-corrected chi connectivity index (χ4v) is 1.28. The van der Waals surface area contributed by atoms with Crippen molar-refractivity contribution < 1.29 is 26.1 Å². The first kappa shape index (κ1) is 16.1. The van der Waals surface area contributed by atoms with Gasteiger partial charge in [-0.1, -0.05) is 26.2 Å². The Morgan fingerprint density at radius 3 is 1.86 bits per heavy atom. The third-order valence-corrected chi connectivity index (χ3v) is 2.06. The standard InChI is InChI=1S/C6H14O3S.CHF3/c1-2-3-4-5-6-10(7,8)9;2-1(3)4/h2-6H2,1H3,(H,7,8,9);1H. The number of unbranched alkanes of at least 4 members (excludes halogenated alkanes) is 3. The Labute approximate surface area is 82.1 Å². The summed E-state index contributed by atoms with van der Waals surface area (Å²) in [6.07, 6.45) is 3.57. The van der Waals surface area contributed by atoms with Gasteiger partial charge in [0.05, 0.1) is 5.75 Å². The Hall–Kier alpha value is -0.300. The van der Waals surface area contributed by atoms with Crippen LogP contribution in [0.2, 0.25) is 0 Å². The highest BCUT2D eigenvalue weighted by Crippen LogP contribution is 2.00. The van der Waals surface area contributed by atoms with Crippen molar-refractivity contribution in [3.8, 4) is 0 Å². The van der Waals surface area contributed by atoms with E-state index in [0.717, 1.165) is 19.3 Å². The zero-order valence-corrected chi connectivity index (χ0v) is 8.74. The van der Waals surface area contributed by atoms with E-state index in [4.69, 9.17) is 4.55 Å². The van der Waals surface area contributed by atoms with E-state index in [1.807, 2.05) is 6.92 Å². The average molecular weight is 236 g/mol. The molecule has 0 aliphatic heterocycles. The maximum absolute atomic E-state index is 10.1. The lowest BCUT2D eigenvalue weighted by atomic mass is 10.2. The van der Waals surface area contributed by atoms with Gasteiger partial charge in [-0.15, -0.1) is 0 Å².